The first-order valence-electron chi connectivity index (χ1n) is 12.0. The summed E-state index contributed by atoms with van der Waals surface area (Å²) in [5.41, 5.74) is 5.00. The van der Waals surface area contributed by atoms with Crippen molar-refractivity contribution in [2.24, 2.45) is 7.05 Å². The molecule has 2 fully saturated rings. The fourth-order valence-corrected chi connectivity index (χ4v) is 5.36. The Bertz CT molecular complexity index is 1370. The second kappa shape index (κ2) is 8.41. The summed E-state index contributed by atoms with van der Waals surface area (Å²) in [5.74, 6) is -0.161. The van der Waals surface area contributed by atoms with Crippen LogP contribution in [0, 0.1) is 6.92 Å². The smallest absolute Gasteiger partial charge is 0.257 e. The van der Waals surface area contributed by atoms with Crippen molar-refractivity contribution in [1.29, 1.82) is 0 Å². The van der Waals surface area contributed by atoms with Crippen LogP contribution in [-0.4, -0.2) is 75.3 Å². The average molecular weight is 459 g/mol. The van der Waals surface area contributed by atoms with Gasteiger partial charge in [-0.05, 0) is 37.6 Å². The van der Waals surface area contributed by atoms with Crippen LogP contribution in [0.2, 0.25) is 0 Å². The Labute approximate surface area is 198 Å². The largest absolute Gasteiger partial charge is 0.369 e. The maximum Gasteiger partial charge on any atom is 0.257 e. The predicted molar refractivity (Wildman–Crippen MR) is 134 cm³/mol. The lowest BCUT2D eigenvalue weighted by molar-refractivity contribution is 0.102. The van der Waals surface area contributed by atoms with E-state index < -0.39 is 0 Å². The molecular formula is C25H30N8O. The molecular weight excluding hydrogens is 428 g/mol. The minimum atomic E-state index is -0.161. The number of imidazole rings is 1. The van der Waals surface area contributed by atoms with Crippen LogP contribution < -0.4 is 15.5 Å². The molecule has 0 radical (unpaired) electrons. The number of carbonyl (C=O) groups is 1. The SMILES string of the molecule is Cc1cn2cc(NC(=O)c3ccc(N4CCC(N5CCNCC5)C4)c4cn(C)nc34)ccc2n1. The van der Waals surface area contributed by atoms with Crippen molar-refractivity contribution in [2.75, 3.05) is 49.5 Å². The number of aryl methyl sites for hydroxylation is 2. The van der Waals surface area contributed by atoms with E-state index in [1.165, 1.54) is 6.42 Å². The molecule has 3 aromatic heterocycles. The Kier molecular flexibility index (Phi) is 5.23. The zero-order chi connectivity index (χ0) is 23.2. The van der Waals surface area contributed by atoms with Crippen LogP contribution in [-0.2, 0) is 7.05 Å². The second-order valence-electron chi connectivity index (χ2n) is 9.39. The summed E-state index contributed by atoms with van der Waals surface area (Å²) in [6.45, 7) is 8.36. The molecule has 1 unspecified atom stereocenters. The predicted octanol–water partition coefficient (Wildman–Crippen LogP) is 2.27. The summed E-state index contributed by atoms with van der Waals surface area (Å²) < 4.78 is 3.72. The number of fused-ring (bicyclic) bond motifs is 2. The molecule has 2 aliphatic rings. The number of hydrogen-bond donors (Lipinski definition) is 2. The van der Waals surface area contributed by atoms with Gasteiger partial charge in [0.05, 0.1) is 16.9 Å². The molecule has 0 saturated carbocycles. The fraction of sp³-hybridized carbons (Fsp3) is 0.400. The molecule has 0 bridgehead atoms. The van der Waals surface area contributed by atoms with Gasteiger partial charge in [0.2, 0.25) is 0 Å². The van der Waals surface area contributed by atoms with Gasteiger partial charge in [-0.25, -0.2) is 4.98 Å². The first-order valence-corrected chi connectivity index (χ1v) is 12.0. The number of nitrogens with zero attached hydrogens (tertiary/aromatic N) is 6. The van der Waals surface area contributed by atoms with Crippen molar-refractivity contribution in [3.63, 3.8) is 0 Å². The van der Waals surface area contributed by atoms with E-state index in [2.05, 4.69) is 36.6 Å². The van der Waals surface area contributed by atoms with Crippen LogP contribution >= 0.6 is 0 Å². The lowest BCUT2D eigenvalue weighted by Crippen LogP contribution is -2.49. The highest BCUT2D eigenvalue weighted by molar-refractivity contribution is 6.13. The number of aromatic nitrogens is 4. The maximum absolute atomic E-state index is 13.3. The summed E-state index contributed by atoms with van der Waals surface area (Å²) in [5, 5.41) is 12.2. The topological polar surface area (TPSA) is 82.7 Å². The van der Waals surface area contributed by atoms with Crippen LogP contribution in [0.1, 0.15) is 22.5 Å². The number of piperazine rings is 1. The lowest BCUT2D eigenvalue weighted by atomic mass is 10.1. The molecule has 0 spiro atoms. The van der Waals surface area contributed by atoms with E-state index >= 15 is 0 Å². The molecule has 1 amide bonds. The summed E-state index contributed by atoms with van der Waals surface area (Å²) in [7, 11) is 1.91. The third kappa shape index (κ3) is 3.80. The maximum atomic E-state index is 13.3. The van der Waals surface area contributed by atoms with Crippen molar-refractivity contribution in [3.8, 4) is 0 Å². The van der Waals surface area contributed by atoms with E-state index in [9.17, 15) is 4.79 Å². The highest BCUT2D eigenvalue weighted by atomic mass is 16.1. The standard InChI is InChI=1S/C25H30N8O/c1-17-13-33-14-18(3-6-23(33)27-17)28-25(34)20-4-5-22(21-16-30(2)29-24(20)21)32-10-7-19(15-32)31-11-8-26-9-12-31/h3-6,13-14,16,19,26H,7-12,15H2,1-2H3,(H,28,34). The first kappa shape index (κ1) is 21.1. The van der Waals surface area contributed by atoms with Gasteiger partial charge >= 0.3 is 0 Å². The number of amides is 1. The number of rotatable bonds is 4. The molecule has 0 aliphatic carbocycles. The molecule has 1 atom stereocenters. The second-order valence-corrected chi connectivity index (χ2v) is 9.39. The van der Waals surface area contributed by atoms with Gasteiger partial charge in [-0.1, -0.05) is 0 Å². The normalized spacial score (nSPS) is 19.4. The zero-order valence-electron chi connectivity index (χ0n) is 19.7. The highest BCUT2D eigenvalue weighted by Crippen LogP contribution is 2.32. The van der Waals surface area contributed by atoms with E-state index in [1.807, 2.05) is 55.2 Å². The van der Waals surface area contributed by atoms with Crippen LogP contribution in [0.5, 0.6) is 0 Å². The van der Waals surface area contributed by atoms with Gasteiger partial charge in [0, 0.05) is 82.0 Å². The highest BCUT2D eigenvalue weighted by Gasteiger charge is 2.30. The summed E-state index contributed by atoms with van der Waals surface area (Å²) >= 11 is 0. The molecule has 176 valence electrons. The molecule has 34 heavy (non-hydrogen) atoms. The third-order valence-electron chi connectivity index (χ3n) is 7.01. The molecule has 9 heteroatoms. The fourth-order valence-electron chi connectivity index (χ4n) is 5.36. The Balaban J connectivity index is 1.26. The molecule has 6 rings (SSSR count). The van der Waals surface area contributed by atoms with Crippen LogP contribution in [0.3, 0.4) is 0 Å². The van der Waals surface area contributed by atoms with E-state index in [0.29, 0.717) is 11.6 Å². The number of pyridine rings is 1. The molecule has 9 nitrogen and oxygen atoms in total. The van der Waals surface area contributed by atoms with Gasteiger partial charge in [0.1, 0.15) is 11.2 Å². The third-order valence-corrected chi connectivity index (χ3v) is 7.01. The summed E-state index contributed by atoms with van der Waals surface area (Å²) in [4.78, 5) is 22.8. The Morgan fingerprint density at radius 2 is 1.94 bits per heavy atom. The molecule has 2 aliphatic heterocycles. The van der Waals surface area contributed by atoms with Crippen molar-refractivity contribution in [3.05, 3.63) is 54.1 Å². The average Bonchev–Trinajstić information content (AvgIpc) is 3.55. The van der Waals surface area contributed by atoms with Gasteiger partial charge in [0.15, 0.2) is 0 Å². The van der Waals surface area contributed by atoms with Gasteiger partial charge in [-0.2, -0.15) is 5.10 Å². The Morgan fingerprint density at radius 3 is 2.79 bits per heavy atom. The Hall–Kier alpha value is -3.43. The number of anilines is 2. The number of hydrogen-bond acceptors (Lipinski definition) is 6. The van der Waals surface area contributed by atoms with E-state index in [-0.39, 0.29) is 5.91 Å². The summed E-state index contributed by atoms with van der Waals surface area (Å²) in [6, 6.07) is 8.37. The van der Waals surface area contributed by atoms with E-state index in [4.69, 9.17) is 0 Å². The van der Waals surface area contributed by atoms with E-state index in [0.717, 1.165) is 72.9 Å². The molecule has 2 saturated heterocycles. The van der Waals surface area contributed by atoms with Crippen molar-refractivity contribution in [2.45, 2.75) is 19.4 Å². The number of carbonyl (C=O) groups excluding carboxylic acids is 1. The van der Waals surface area contributed by atoms with Crippen LogP contribution in [0.4, 0.5) is 11.4 Å². The van der Waals surface area contributed by atoms with Gasteiger partial charge in [-0.3, -0.25) is 14.4 Å². The van der Waals surface area contributed by atoms with Crippen LogP contribution in [0.25, 0.3) is 16.6 Å². The minimum absolute atomic E-state index is 0.161. The van der Waals surface area contributed by atoms with Gasteiger partial charge < -0.3 is 19.9 Å². The quantitative estimate of drug-likeness (QED) is 0.488. The monoisotopic (exact) mass is 458 g/mol. The molecule has 5 heterocycles. The van der Waals surface area contributed by atoms with Crippen molar-refractivity contribution < 1.29 is 4.79 Å². The molecule has 1 aromatic carbocycles. The van der Waals surface area contributed by atoms with Crippen molar-refractivity contribution in [1.82, 2.24) is 29.4 Å². The number of benzene rings is 1. The van der Waals surface area contributed by atoms with Crippen molar-refractivity contribution >= 4 is 33.8 Å². The Morgan fingerprint density at radius 1 is 1.09 bits per heavy atom. The minimum Gasteiger partial charge on any atom is -0.369 e. The zero-order valence-corrected chi connectivity index (χ0v) is 19.7. The summed E-state index contributed by atoms with van der Waals surface area (Å²) in [6.07, 6.45) is 7.03. The first-order chi connectivity index (χ1) is 16.5. The van der Waals surface area contributed by atoms with E-state index in [1.54, 1.807) is 4.68 Å². The van der Waals surface area contributed by atoms with Gasteiger partial charge in [0.25, 0.3) is 5.91 Å². The van der Waals surface area contributed by atoms with Crippen LogP contribution in [0.15, 0.2) is 42.9 Å². The number of nitrogens with one attached hydrogen (secondary N) is 2. The molecule has 4 aromatic rings. The van der Waals surface area contributed by atoms with Gasteiger partial charge in [-0.15, -0.1) is 0 Å². The lowest BCUT2D eigenvalue weighted by Gasteiger charge is -2.32. The molecule has 2 N–H and O–H groups in total.